The lowest BCUT2D eigenvalue weighted by atomic mass is 10.2. The van der Waals surface area contributed by atoms with Gasteiger partial charge in [-0.25, -0.2) is 0 Å². The number of hydrogen-bond acceptors (Lipinski definition) is 2. The summed E-state index contributed by atoms with van der Waals surface area (Å²) < 4.78 is 0. The van der Waals surface area contributed by atoms with Gasteiger partial charge in [-0.3, -0.25) is 9.59 Å². The molecule has 0 bridgehead atoms. The normalized spacial score (nSPS) is 10.9. The second kappa shape index (κ2) is 4.24. The molecule has 8 heavy (non-hydrogen) atoms. The fourth-order valence-corrected chi connectivity index (χ4v) is 0.328. The molecule has 0 saturated carbocycles. The standard InChI is InChI=1S/C6H8O2/c1-2-6(5-8)3-4-7/h3-5H,2H2,1H3/b6-3+. The van der Waals surface area contributed by atoms with Crippen molar-refractivity contribution in [3.63, 3.8) is 0 Å². The van der Waals surface area contributed by atoms with Gasteiger partial charge < -0.3 is 0 Å². The summed E-state index contributed by atoms with van der Waals surface area (Å²) in [6.07, 6.45) is 3.21. The highest BCUT2D eigenvalue weighted by Gasteiger charge is 1.85. The third kappa shape index (κ3) is 2.29. The molecule has 0 aromatic heterocycles. The monoisotopic (exact) mass is 112 g/mol. The fourth-order valence-electron chi connectivity index (χ4n) is 0.328. The molecule has 0 N–H and O–H groups in total. The number of allylic oxidation sites excluding steroid dienone is 2. The molecule has 0 atom stereocenters. The Kier molecular flexibility index (Phi) is 3.76. The van der Waals surface area contributed by atoms with Crippen LogP contribution in [0.3, 0.4) is 0 Å². The van der Waals surface area contributed by atoms with Gasteiger partial charge in [-0.2, -0.15) is 0 Å². The topological polar surface area (TPSA) is 34.1 Å². The van der Waals surface area contributed by atoms with Crippen LogP contribution >= 0.6 is 0 Å². The lowest BCUT2D eigenvalue weighted by Gasteiger charge is -1.83. The molecule has 2 heteroatoms. The predicted octanol–water partition coefficient (Wildman–Crippen LogP) is 0.721. The molecule has 0 spiro atoms. The molecule has 0 aliphatic heterocycles. The number of carbonyl (C=O) groups is 2. The summed E-state index contributed by atoms with van der Waals surface area (Å²) in [4.78, 5) is 19.6. The van der Waals surface area contributed by atoms with Gasteiger partial charge >= 0.3 is 0 Å². The van der Waals surface area contributed by atoms with Crippen molar-refractivity contribution >= 4 is 12.6 Å². The van der Waals surface area contributed by atoms with E-state index in [1.54, 1.807) is 0 Å². The Bertz CT molecular complexity index is 114. The van der Waals surface area contributed by atoms with Crippen LogP contribution in [0, 0.1) is 0 Å². The third-order valence-corrected chi connectivity index (χ3v) is 0.842. The summed E-state index contributed by atoms with van der Waals surface area (Å²) >= 11 is 0. The second-order valence-corrected chi connectivity index (χ2v) is 1.35. The molecule has 0 aliphatic carbocycles. The summed E-state index contributed by atoms with van der Waals surface area (Å²) in [5.41, 5.74) is 0.542. The number of aldehydes is 2. The van der Waals surface area contributed by atoms with Gasteiger partial charge in [-0.15, -0.1) is 0 Å². The van der Waals surface area contributed by atoms with Crippen LogP contribution in [0.2, 0.25) is 0 Å². The average molecular weight is 112 g/mol. The maximum atomic E-state index is 9.90. The molecule has 0 rings (SSSR count). The summed E-state index contributed by atoms with van der Waals surface area (Å²) in [7, 11) is 0. The van der Waals surface area contributed by atoms with Crippen molar-refractivity contribution in [3.05, 3.63) is 11.6 Å². The summed E-state index contributed by atoms with van der Waals surface area (Å²) in [6.45, 7) is 1.82. The first-order chi connectivity index (χ1) is 3.85. The van der Waals surface area contributed by atoms with E-state index in [0.717, 1.165) is 0 Å². The minimum atomic E-state index is 0.542. The SMILES string of the molecule is CC/C(C=O)=C\C=O. The van der Waals surface area contributed by atoms with E-state index in [1.807, 2.05) is 6.92 Å². The van der Waals surface area contributed by atoms with E-state index in [4.69, 9.17) is 0 Å². The van der Waals surface area contributed by atoms with E-state index in [2.05, 4.69) is 0 Å². The largest absolute Gasteiger partial charge is 0.299 e. The van der Waals surface area contributed by atoms with Crippen LogP contribution in [0.15, 0.2) is 11.6 Å². The zero-order chi connectivity index (χ0) is 6.41. The van der Waals surface area contributed by atoms with Crippen LogP contribution in [-0.4, -0.2) is 12.6 Å². The van der Waals surface area contributed by atoms with Crippen molar-refractivity contribution in [2.24, 2.45) is 0 Å². The second-order valence-electron chi connectivity index (χ2n) is 1.35. The van der Waals surface area contributed by atoms with Gasteiger partial charge in [0.05, 0.1) is 0 Å². The Hall–Kier alpha value is -0.920. The number of hydrogen-bond donors (Lipinski definition) is 0. The maximum Gasteiger partial charge on any atom is 0.146 e. The highest BCUT2D eigenvalue weighted by Crippen LogP contribution is 1.91. The van der Waals surface area contributed by atoms with Crippen LogP contribution in [0.5, 0.6) is 0 Å². The molecule has 0 radical (unpaired) electrons. The molecule has 0 amide bonds. The Morgan fingerprint density at radius 2 is 2.12 bits per heavy atom. The van der Waals surface area contributed by atoms with Gasteiger partial charge in [-0.05, 0) is 18.1 Å². The maximum absolute atomic E-state index is 9.90. The highest BCUT2D eigenvalue weighted by atomic mass is 16.1. The van der Waals surface area contributed by atoms with Crippen molar-refractivity contribution in [1.29, 1.82) is 0 Å². The van der Waals surface area contributed by atoms with E-state index < -0.39 is 0 Å². The van der Waals surface area contributed by atoms with Crippen LogP contribution in [0.25, 0.3) is 0 Å². The molecule has 0 aromatic carbocycles. The Labute approximate surface area is 48.2 Å². The van der Waals surface area contributed by atoms with Crippen LogP contribution in [0.1, 0.15) is 13.3 Å². The van der Waals surface area contributed by atoms with Gasteiger partial charge in [0.15, 0.2) is 0 Å². The average Bonchev–Trinajstić information content (AvgIpc) is 1.83. The van der Waals surface area contributed by atoms with Crippen LogP contribution in [-0.2, 0) is 9.59 Å². The van der Waals surface area contributed by atoms with E-state index in [-0.39, 0.29) is 0 Å². The third-order valence-electron chi connectivity index (χ3n) is 0.842. The summed E-state index contributed by atoms with van der Waals surface area (Å²) in [6, 6.07) is 0. The van der Waals surface area contributed by atoms with E-state index >= 15 is 0 Å². The minimum Gasteiger partial charge on any atom is -0.299 e. The summed E-state index contributed by atoms with van der Waals surface area (Å²) in [5, 5.41) is 0. The summed E-state index contributed by atoms with van der Waals surface area (Å²) in [5.74, 6) is 0. The Morgan fingerprint density at radius 3 is 2.25 bits per heavy atom. The first-order valence-electron chi connectivity index (χ1n) is 2.44. The molecule has 0 fully saturated rings. The van der Waals surface area contributed by atoms with Crippen molar-refractivity contribution in [2.75, 3.05) is 0 Å². The molecule has 0 heterocycles. The van der Waals surface area contributed by atoms with Gasteiger partial charge in [-0.1, -0.05) is 6.92 Å². The number of rotatable bonds is 3. The Morgan fingerprint density at radius 1 is 1.50 bits per heavy atom. The van der Waals surface area contributed by atoms with Crippen LogP contribution < -0.4 is 0 Å². The van der Waals surface area contributed by atoms with Crippen LogP contribution in [0.4, 0.5) is 0 Å². The quantitative estimate of drug-likeness (QED) is 0.398. The van der Waals surface area contributed by atoms with E-state index in [9.17, 15) is 9.59 Å². The smallest absolute Gasteiger partial charge is 0.146 e. The first-order valence-corrected chi connectivity index (χ1v) is 2.44. The molecule has 0 unspecified atom stereocenters. The van der Waals surface area contributed by atoms with Gasteiger partial charge in [0.25, 0.3) is 0 Å². The first kappa shape index (κ1) is 7.08. The highest BCUT2D eigenvalue weighted by molar-refractivity contribution is 5.81. The molecule has 0 aliphatic rings. The molecular weight excluding hydrogens is 104 g/mol. The molecule has 2 nitrogen and oxygen atoms in total. The molecular formula is C6H8O2. The van der Waals surface area contributed by atoms with E-state index in [1.165, 1.54) is 6.08 Å². The molecule has 0 saturated heterocycles. The van der Waals surface area contributed by atoms with Gasteiger partial charge in [0.1, 0.15) is 12.6 Å². The van der Waals surface area contributed by atoms with Crippen molar-refractivity contribution in [2.45, 2.75) is 13.3 Å². The minimum absolute atomic E-state index is 0.542. The fraction of sp³-hybridized carbons (Fsp3) is 0.333. The van der Waals surface area contributed by atoms with E-state index in [0.29, 0.717) is 24.6 Å². The predicted molar refractivity (Wildman–Crippen MR) is 30.5 cm³/mol. The zero-order valence-corrected chi connectivity index (χ0v) is 4.76. The number of carbonyl (C=O) groups excluding carboxylic acids is 2. The molecule has 0 aromatic rings. The zero-order valence-electron chi connectivity index (χ0n) is 4.76. The van der Waals surface area contributed by atoms with Gasteiger partial charge in [0.2, 0.25) is 0 Å². The van der Waals surface area contributed by atoms with Gasteiger partial charge in [0, 0.05) is 0 Å². The van der Waals surface area contributed by atoms with Crippen molar-refractivity contribution < 1.29 is 9.59 Å². The van der Waals surface area contributed by atoms with Crippen molar-refractivity contribution in [1.82, 2.24) is 0 Å². The Balaban J connectivity index is 3.84. The lowest BCUT2D eigenvalue weighted by Crippen LogP contribution is -1.80. The van der Waals surface area contributed by atoms with Crippen molar-refractivity contribution in [3.8, 4) is 0 Å². The lowest BCUT2D eigenvalue weighted by molar-refractivity contribution is -0.106. The molecule has 44 valence electrons.